The number of carbonyl (C=O) groups is 1. The number of aromatic nitrogens is 1. The number of sulfonamides is 1. The van der Waals surface area contributed by atoms with Crippen molar-refractivity contribution in [1.29, 1.82) is 0 Å². The van der Waals surface area contributed by atoms with Gasteiger partial charge in [0, 0.05) is 19.2 Å². The number of carboxylic acids is 1. The van der Waals surface area contributed by atoms with Crippen LogP contribution < -0.4 is 10.3 Å². The van der Waals surface area contributed by atoms with Gasteiger partial charge in [0.15, 0.2) is 0 Å². The van der Waals surface area contributed by atoms with E-state index in [0.29, 0.717) is 22.2 Å². The number of nitrogens with zero attached hydrogens (tertiary/aromatic N) is 1. The highest BCUT2D eigenvalue weighted by Gasteiger charge is 2.16. The predicted octanol–water partition coefficient (Wildman–Crippen LogP) is 2.43. The Hall–Kier alpha value is -2.75. The molecular formula is C19H16ClFN2O5S. The molecule has 7 nitrogen and oxygen atoms in total. The van der Waals surface area contributed by atoms with E-state index in [1.165, 1.54) is 12.3 Å². The van der Waals surface area contributed by atoms with Crippen molar-refractivity contribution < 1.29 is 22.7 Å². The van der Waals surface area contributed by atoms with Crippen LogP contribution in [-0.2, 0) is 23.0 Å². The van der Waals surface area contributed by atoms with Crippen molar-refractivity contribution in [3.05, 3.63) is 86.0 Å². The van der Waals surface area contributed by atoms with Crippen molar-refractivity contribution in [2.24, 2.45) is 0 Å². The van der Waals surface area contributed by atoms with Gasteiger partial charge in [-0.3, -0.25) is 9.20 Å². The van der Waals surface area contributed by atoms with Crippen molar-refractivity contribution in [3.8, 4) is 0 Å². The summed E-state index contributed by atoms with van der Waals surface area (Å²) in [6.45, 7) is -0.189. The summed E-state index contributed by atoms with van der Waals surface area (Å²) in [5.74, 6) is -2.00. The smallest absolute Gasteiger partial charge is 0.341 e. The Kier molecular flexibility index (Phi) is 5.74. The normalized spacial score (nSPS) is 11.7. The van der Waals surface area contributed by atoms with Gasteiger partial charge in [0.2, 0.25) is 10.0 Å². The number of nitrogens with one attached hydrogen (secondary N) is 1. The third kappa shape index (κ3) is 4.64. The molecule has 10 heteroatoms. The quantitative estimate of drug-likeness (QED) is 0.615. The van der Waals surface area contributed by atoms with Crippen molar-refractivity contribution in [2.45, 2.75) is 13.0 Å². The molecular weight excluding hydrogens is 423 g/mol. The van der Waals surface area contributed by atoms with E-state index in [4.69, 9.17) is 11.6 Å². The molecule has 0 saturated carbocycles. The van der Waals surface area contributed by atoms with Crippen LogP contribution in [0.1, 0.15) is 27.0 Å². The second kappa shape index (κ2) is 7.94. The van der Waals surface area contributed by atoms with Gasteiger partial charge in [0.1, 0.15) is 11.4 Å². The van der Waals surface area contributed by atoms with Crippen LogP contribution in [0.4, 0.5) is 4.39 Å². The van der Waals surface area contributed by atoms with E-state index in [0.717, 1.165) is 16.7 Å². The molecule has 0 aliphatic carbocycles. The maximum atomic E-state index is 14.2. The largest absolute Gasteiger partial charge is 0.477 e. The molecule has 152 valence electrons. The minimum absolute atomic E-state index is 0.0252. The van der Waals surface area contributed by atoms with Crippen molar-refractivity contribution in [1.82, 2.24) is 9.12 Å². The van der Waals surface area contributed by atoms with Crippen LogP contribution in [0.25, 0.3) is 5.52 Å². The lowest BCUT2D eigenvalue weighted by atomic mass is 10.0. The summed E-state index contributed by atoms with van der Waals surface area (Å²) in [7, 11) is -3.53. The summed E-state index contributed by atoms with van der Waals surface area (Å²) in [6.07, 6.45) is 2.51. The predicted molar refractivity (Wildman–Crippen MR) is 107 cm³/mol. The lowest BCUT2D eigenvalue weighted by Gasteiger charge is -2.12. The molecule has 2 heterocycles. The summed E-state index contributed by atoms with van der Waals surface area (Å²) in [4.78, 5) is 24.1. The molecule has 0 unspecified atom stereocenters. The number of aromatic carboxylic acids is 1. The lowest BCUT2D eigenvalue weighted by molar-refractivity contribution is 0.0694. The highest BCUT2D eigenvalue weighted by Crippen LogP contribution is 2.21. The zero-order valence-corrected chi connectivity index (χ0v) is 16.7. The lowest BCUT2D eigenvalue weighted by Crippen LogP contribution is -2.26. The minimum Gasteiger partial charge on any atom is -0.477 e. The molecule has 0 fully saturated rings. The van der Waals surface area contributed by atoms with Gasteiger partial charge in [-0.05, 0) is 34.9 Å². The Morgan fingerprint density at radius 1 is 1.24 bits per heavy atom. The second-order valence-corrected chi connectivity index (χ2v) is 8.71. The minimum atomic E-state index is -3.53. The summed E-state index contributed by atoms with van der Waals surface area (Å²) in [6, 6.07) is 8.94. The highest BCUT2D eigenvalue weighted by atomic mass is 35.5. The number of fused-ring (bicyclic) bond motifs is 1. The summed E-state index contributed by atoms with van der Waals surface area (Å²) < 4.78 is 40.4. The van der Waals surface area contributed by atoms with Crippen molar-refractivity contribution >= 4 is 33.1 Å². The fraction of sp³-hybridized carbons (Fsp3) is 0.158. The average Bonchev–Trinajstić information content (AvgIpc) is 2.64. The van der Waals surface area contributed by atoms with Gasteiger partial charge >= 0.3 is 5.97 Å². The van der Waals surface area contributed by atoms with E-state index >= 15 is 0 Å². The zero-order chi connectivity index (χ0) is 21.3. The number of benzene rings is 1. The third-order valence-electron chi connectivity index (χ3n) is 4.29. The fourth-order valence-corrected chi connectivity index (χ4v) is 3.54. The Labute approximate surface area is 170 Å². The van der Waals surface area contributed by atoms with Crippen LogP contribution in [0, 0.1) is 5.82 Å². The third-order valence-corrected chi connectivity index (χ3v) is 5.25. The number of carboxylic acid groups (broad SMARTS) is 1. The second-order valence-electron chi connectivity index (χ2n) is 6.47. The molecule has 0 spiro atoms. The molecule has 3 aromatic rings. The van der Waals surface area contributed by atoms with Gasteiger partial charge in [-0.1, -0.05) is 29.8 Å². The first-order valence-electron chi connectivity index (χ1n) is 8.35. The first kappa shape index (κ1) is 21.0. The number of hydrogen-bond acceptors (Lipinski definition) is 4. The van der Waals surface area contributed by atoms with Crippen LogP contribution in [0.3, 0.4) is 0 Å². The fourth-order valence-electron chi connectivity index (χ4n) is 2.93. The van der Waals surface area contributed by atoms with Crippen LogP contribution >= 0.6 is 11.6 Å². The molecule has 0 atom stereocenters. The molecule has 3 rings (SSSR count). The van der Waals surface area contributed by atoms with Gasteiger partial charge in [0.25, 0.3) is 5.56 Å². The molecule has 2 N–H and O–H groups in total. The Bertz CT molecular complexity index is 1290. The van der Waals surface area contributed by atoms with E-state index in [1.807, 2.05) is 0 Å². The first-order chi connectivity index (χ1) is 13.6. The maximum Gasteiger partial charge on any atom is 0.341 e. The first-order valence-corrected chi connectivity index (χ1v) is 10.6. The SMILES string of the molecule is CS(=O)(=O)NCc1cc(C(=O)O)c(=O)n2cc(Cc3cccc(Cl)c3F)ccc12. The van der Waals surface area contributed by atoms with Gasteiger partial charge in [0.05, 0.1) is 16.8 Å². The number of rotatable bonds is 6. The molecule has 0 radical (unpaired) electrons. The molecule has 2 aromatic heterocycles. The Balaban J connectivity index is 2.13. The number of halogens is 2. The maximum absolute atomic E-state index is 14.2. The van der Waals surface area contributed by atoms with Gasteiger partial charge < -0.3 is 5.11 Å². The Morgan fingerprint density at radius 2 is 1.97 bits per heavy atom. The van der Waals surface area contributed by atoms with Crippen LogP contribution in [-0.4, -0.2) is 30.2 Å². The number of pyridine rings is 2. The van der Waals surface area contributed by atoms with E-state index in [9.17, 15) is 27.5 Å². The van der Waals surface area contributed by atoms with Gasteiger partial charge in [-0.15, -0.1) is 0 Å². The molecule has 0 aliphatic rings. The standard InChI is InChI=1S/C19H16ClFN2O5S/c1-29(27,28)22-9-13-8-14(19(25)26)18(24)23-10-11(5-6-16(13)23)7-12-3-2-4-15(20)17(12)21/h2-6,8,10,22H,7,9H2,1H3,(H,25,26). The van der Waals surface area contributed by atoms with Crippen LogP contribution in [0.2, 0.25) is 5.02 Å². The van der Waals surface area contributed by atoms with Gasteiger partial charge in [-0.2, -0.15) is 0 Å². The van der Waals surface area contributed by atoms with E-state index in [-0.39, 0.29) is 18.0 Å². The van der Waals surface area contributed by atoms with Gasteiger partial charge in [-0.25, -0.2) is 22.3 Å². The topological polar surface area (TPSA) is 105 Å². The molecule has 0 aliphatic heterocycles. The van der Waals surface area contributed by atoms with Crippen LogP contribution in [0.5, 0.6) is 0 Å². The van der Waals surface area contributed by atoms with Crippen LogP contribution in [0.15, 0.2) is 47.4 Å². The average molecular weight is 439 g/mol. The van der Waals surface area contributed by atoms with Crippen molar-refractivity contribution in [2.75, 3.05) is 6.26 Å². The van der Waals surface area contributed by atoms with Crippen molar-refractivity contribution in [3.63, 3.8) is 0 Å². The molecule has 0 bridgehead atoms. The molecule has 0 amide bonds. The van der Waals surface area contributed by atoms with E-state index in [2.05, 4.69) is 4.72 Å². The summed E-state index contributed by atoms with van der Waals surface area (Å²) >= 11 is 5.80. The summed E-state index contributed by atoms with van der Waals surface area (Å²) in [5, 5.41) is 9.31. The van der Waals surface area contributed by atoms with E-state index < -0.39 is 32.9 Å². The molecule has 0 saturated heterocycles. The zero-order valence-electron chi connectivity index (χ0n) is 15.1. The number of hydrogen-bond donors (Lipinski definition) is 2. The van der Waals surface area contributed by atoms with E-state index in [1.54, 1.807) is 24.3 Å². The summed E-state index contributed by atoms with van der Waals surface area (Å²) in [5.41, 5.74) is 0.242. The monoisotopic (exact) mass is 438 g/mol. The molecule has 1 aromatic carbocycles. The highest BCUT2D eigenvalue weighted by molar-refractivity contribution is 7.88. The molecule has 29 heavy (non-hydrogen) atoms. The Morgan fingerprint density at radius 3 is 2.62 bits per heavy atom.